The van der Waals surface area contributed by atoms with Gasteiger partial charge in [-0.2, -0.15) is 0 Å². The van der Waals surface area contributed by atoms with Crippen LogP contribution in [0, 0.1) is 5.41 Å². The molecule has 0 bridgehead atoms. The molecule has 0 amide bonds. The predicted octanol–water partition coefficient (Wildman–Crippen LogP) is 21.5. The Morgan fingerprint density at radius 3 is 0.671 bits per heavy atom. The minimum Gasteiger partial charge on any atom is -0.310 e. The number of fused-ring (bicyclic) bond motifs is 2. The van der Waals surface area contributed by atoms with E-state index in [0.717, 1.165) is 34.1 Å². The van der Waals surface area contributed by atoms with Gasteiger partial charge in [0.1, 0.15) is 0 Å². The Kier molecular flexibility index (Phi) is 14.5. The summed E-state index contributed by atoms with van der Waals surface area (Å²) in [6.45, 7) is 36.1. The van der Waals surface area contributed by atoms with E-state index in [-0.39, 0.29) is 21.7 Å². The Labute approximate surface area is 439 Å². The third-order valence-electron chi connectivity index (χ3n) is 13.7. The van der Waals surface area contributed by atoms with Gasteiger partial charge in [0, 0.05) is 34.1 Å². The Bertz CT molecular complexity index is 2950. The van der Waals surface area contributed by atoms with Crippen molar-refractivity contribution in [2.24, 2.45) is 5.41 Å². The quantitative estimate of drug-likeness (QED) is 0.140. The lowest BCUT2D eigenvalue weighted by molar-refractivity contribution is 0.469. The van der Waals surface area contributed by atoms with Gasteiger partial charge in [-0.3, -0.25) is 0 Å². The standard InChI is InChI=1S/C66H68N2.C5H12/c1-63(2,3)47-23-31-51(32-24-47)67(52-33-25-48(26-34-52)64(4,5)6)55-39-41-57-59(43-55)61(45-19-15-13-16-20-45)58-42-40-56(44-60(58)62(57)46-21-17-14-18-22-46)68(53-35-27-49(28-36-53)65(7,8)9)54-37-29-50(30-38-54)66(10,11)12;1-5(2,3)4/h13-44H,1-12H3;1-4H3. The third kappa shape index (κ3) is 12.0. The van der Waals surface area contributed by atoms with Crippen LogP contribution in [-0.2, 0) is 21.7 Å². The lowest BCUT2D eigenvalue weighted by Gasteiger charge is -2.29. The van der Waals surface area contributed by atoms with Crippen LogP contribution in [0.1, 0.15) is 133 Å². The Balaban J connectivity index is 0.00000136. The van der Waals surface area contributed by atoms with Crippen molar-refractivity contribution < 1.29 is 0 Å². The fraction of sp³-hybridized carbons (Fsp3) is 0.296. The number of rotatable bonds is 8. The van der Waals surface area contributed by atoms with Crippen LogP contribution in [0.2, 0.25) is 0 Å². The molecule has 9 aromatic rings. The monoisotopic (exact) mass is 961 g/mol. The molecule has 0 spiro atoms. The highest BCUT2D eigenvalue weighted by atomic mass is 15.1. The van der Waals surface area contributed by atoms with E-state index in [1.807, 2.05) is 0 Å². The van der Waals surface area contributed by atoms with E-state index in [0.29, 0.717) is 5.41 Å². The first kappa shape index (κ1) is 52.4. The number of hydrogen-bond donors (Lipinski definition) is 0. The number of anilines is 6. The normalized spacial score (nSPS) is 12.4. The molecular weight excluding hydrogens is 881 g/mol. The molecule has 2 heteroatoms. The molecule has 0 aliphatic heterocycles. The predicted molar refractivity (Wildman–Crippen MR) is 322 cm³/mol. The summed E-state index contributed by atoms with van der Waals surface area (Å²) in [4.78, 5) is 4.85. The maximum atomic E-state index is 2.44. The van der Waals surface area contributed by atoms with E-state index in [1.54, 1.807) is 0 Å². The Morgan fingerprint density at radius 2 is 0.452 bits per heavy atom. The fourth-order valence-electron chi connectivity index (χ4n) is 9.65. The maximum absolute atomic E-state index is 2.44. The van der Waals surface area contributed by atoms with Crippen molar-refractivity contribution in [3.8, 4) is 22.3 Å². The highest BCUT2D eigenvalue weighted by Gasteiger charge is 2.25. The van der Waals surface area contributed by atoms with Crippen molar-refractivity contribution in [2.75, 3.05) is 9.80 Å². The summed E-state index contributed by atoms with van der Waals surface area (Å²) in [5.74, 6) is 0. The minimum absolute atomic E-state index is 0.0464. The summed E-state index contributed by atoms with van der Waals surface area (Å²) < 4.78 is 0. The number of hydrogen-bond acceptors (Lipinski definition) is 2. The van der Waals surface area contributed by atoms with Gasteiger partial charge in [-0.15, -0.1) is 0 Å². The third-order valence-corrected chi connectivity index (χ3v) is 13.7. The zero-order chi connectivity index (χ0) is 52.7. The lowest BCUT2D eigenvalue weighted by Crippen LogP contribution is -2.14. The second-order valence-corrected chi connectivity index (χ2v) is 25.8. The summed E-state index contributed by atoms with van der Waals surface area (Å²) in [7, 11) is 0. The molecule has 9 rings (SSSR count). The van der Waals surface area contributed by atoms with Crippen LogP contribution in [0.4, 0.5) is 34.1 Å². The van der Waals surface area contributed by atoms with E-state index in [1.165, 1.54) is 66.1 Å². The number of nitrogens with zero attached hydrogens (tertiary/aromatic N) is 2. The molecule has 0 N–H and O–H groups in total. The molecule has 0 aromatic heterocycles. The van der Waals surface area contributed by atoms with Crippen LogP contribution < -0.4 is 9.80 Å². The summed E-state index contributed by atoms with van der Waals surface area (Å²) in [5, 5.41) is 4.85. The second kappa shape index (κ2) is 20.2. The van der Waals surface area contributed by atoms with Crippen LogP contribution in [0.25, 0.3) is 43.8 Å². The zero-order valence-electron chi connectivity index (χ0n) is 46.9. The van der Waals surface area contributed by atoms with E-state index in [4.69, 9.17) is 0 Å². The Hall–Kier alpha value is -6.90. The van der Waals surface area contributed by atoms with Gasteiger partial charge in [-0.25, -0.2) is 0 Å². The smallest absolute Gasteiger partial charge is 0.0468 e. The fourth-order valence-corrected chi connectivity index (χ4v) is 9.65. The summed E-state index contributed by atoms with van der Waals surface area (Å²) in [5.41, 5.74) is 17.5. The summed E-state index contributed by atoms with van der Waals surface area (Å²) in [6.07, 6.45) is 0. The molecule has 0 fully saturated rings. The minimum atomic E-state index is 0.0464. The molecule has 0 atom stereocenters. The lowest BCUT2D eigenvalue weighted by atomic mass is 9.85. The van der Waals surface area contributed by atoms with Gasteiger partial charge in [-0.1, -0.05) is 232 Å². The summed E-state index contributed by atoms with van der Waals surface area (Å²) in [6, 6.07) is 72.9. The first-order valence-corrected chi connectivity index (χ1v) is 26.4. The van der Waals surface area contributed by atoms with Gasteiger partial charge in [-0.05, 0) is 166 Å². The first-order valence-electron chi connectivity index (χ1n) is 26.4. The molecule has 374 valence electrons. The van der Waals surface area contributed by atoms with Crippen LogP contribution in [0.3, 0.4) is 0 Å². The molecule has 0 unspecified atom stereocenters. The van der Waals surface area contributed by atoms with Gasteiger partial charge in [0.25, 0.3) is 0 Å². The average Bonchev–Trinajstić information content (AvgIpc) is 3.33. The van der Waals surface area contributed by atoms with Crippen molar-refractivity contribution in [3.63, 3.8) is 0 Å². The van der Waals surface area contributed by atoms with E-state index in [9.17, 15) is 0 Å². The molecule has 0 saturated carbocycles. The van der Waals surface area contributed by atoms with E-state index < -0.39 is 0 Å². The first-order chi connectivity index (χ1) is 34.3. The van der Waals surface area contributed by atoms with Gasteiger partial charge in [0.15, 0.2) is 0 Å². The highest BCUT2D eigenvalue weighted by molar-refractivity contribution is 6.22. The van der Waals surface area contributed by atoms with Crippen molar-refractivity contribution in [2.45, 2.75) is 132 Å². The Morgan fingerprint density at radius 1 is 0.233 bits per heavy atom. The molecular formula is C71H80N2. The number of benzene rings is 9. The van der Waals surface area contributed by atoms with Crippen molar-refractivity contribution in [3.05, 3.63) is 216 Å². The summed E-state index contributed by atoms with van der Waals surface area (Å²) >= 11 is 0. The largest absolute Gasteiger partial charge is 0.310 e. The molecule has 73 heavy (non-hydrogen) atoms. The molecule has 2 nitrogen and oxygen atoms in total. The van der Waals surface area contributed by atoms with Crippen LogP contribution in [-0.4, -0.2) is 0 Å². The topological polar surface area (TPSA) is 6.48 Å². The van der Waals surface area contributed by atoms with Crippen molar-refractivity contribution in [1.82, 2.24) is 0 Å². The average molecular weight is 961 g/mol. The molecule has 0 aliphatic rings. The molecule has 0 saturated heterocycles. The van der Waals surface area contributed by atoms with Gasteiger partial charge >= 0.3 is 0 Å². The van der Waals surface area contributed by atoms with Crippen LogP contribution in [0.5, 0.6) is 0 Å². The van der Waals surface area contributed by atoms with Gasteiger partial charge < -0.3 is 9.80 Å². The van der Waals surface area contributed by atoms with Crippen molar-refractivity contribution >= 4 is 55.7 Å². The molecule has 9 aromatic carbocycles. The highest BCUT2D eigenvalue weighted by Crippen LogP contribution is 2.49. The molecule has 0 heterocycles. The SMILES string of the molecule is CC(C)(C)C.CC(C)(C)c1ccc(N(c2ccc(C(C)(C)C)cc2)c2ccc3c(-c4ccccc4)c4cc(N(c5ccc(C(C)(C)C)cc5)c5ccc(C(C)(C)C)cc5)ccc4c(-c4ccccc4)c3c2)cc1. The molecule has 0 aliphatic carbocycles. The maximum Gasteiger partial charge on any atom is 0.0468 e. The van der Waals surface area contributed by atoms with E-state index in [2.05, 4.69) is 315 Å². The second-order valence-electron chi connectivity index (χ2n) is 25.8. The van der Waals surface area contributed by atoms with Gasteiger partial charge in [0.05, 0.1) is 0 Å². The van der Waals surface area contributed by atoms with E-state index >= 15 is 0 Å². The van der Waals surface area contributed by atoms with Crippen molar-refractivity contribution in [1.29, 1.82) is 0 Å². The van der Waals surface area contributed by atoms with Gasteiger partial charge in [0.2, 0.25) is 0 Å². The van der Waals surface area contributed by atoms with Crippen LogP contribution >= 0.6 is 0 Å². The van der Waals surface area contributed by atoms with Crippen LogP contribution in [0.15, 0.2) is 194 Å². The zero-order valence-corrected chi connectivity index (χ0v) is 46.9. The molecule has 0 radical (unpaired) electrons.